The maximum atomic E-state index is 11.5. The lowest BCUT2D eigenvalue weighted by Crippen LogP contribution is -2.26. The van der Waals surface area contributed by atoms with Gasteiger partial charge in [0.05, 0.1) is 0 Å². The van der Waals surface area contributed by atoms with Crippen molar-refractivity contribution in [2.45, 2.75) is 13.0 Å². The highest BCUT2D eigenvalue weighted by Crippen LogP contribution is 2.15. The van der Waals surface area contributed by atoms with E-state index in [-0.39, 0.29) is 5.91 Å². The van der Waals surface area contributed by atoms with Crippen LogP contribution in [0, 0.1) is 0 Å². The molecule has 3 heteroatoms. The molecule has 2 aromatic carbocycles. The van der Waals surface area contributed by atoms with Gasteiger partial charge in [0.25, 0.3) is 0 Å². The van der Waals surface area contributed by atoms with E-state index < -0.39 is 0 Å². The summed E-state index contributed by atoms with van der Waals surface area (Å²) in [5.41, 5.74) is 1.13. The van der Waals surface area contributed by atoms with Crippen LogP contribution in [0.25, 0.3) is 10.8 Å². The van der Waals surface area contributed by atoms with Crippen molar-refractivity contribution >= 4 is 16.7 Å². The highest BCUT2D eigenvalue weighted by atomic mass is 16.1. The Morgan fingerprint density at radius 3 is 2.67 bits per heavy atom. The van der Waals surface area contributed by atoms with Crippen LogP contribution >= 0.6 is 0 Å². The van der Waals surface area contributed by atoms with Crippen molar-refractivity contribution in [3.8, 4) is 0 Å². The van der Waals surface area contributed by atoms with Crippen molar-refractivity contribution in [3.63, 3.8) is 0 Å². The second kappa shape index (κ2) is 6.17. The molecule has 0 bridgehead atoms. The summed E-state index contributed by atoms with van der Waals surface area (Å²) in [5.74, 6) is 0.0810. The smallest absolute Gasteiger partial charge is 0.221 e. The Morgan fingerprint density at radius 1 is 1.11 bits per heavy atom. The normalized spacial score (nSPS) is 10.5. The molecule has 2 aromatic rings. The zero-order valence-electron chi connectivity index (χ0n) is 10.6. The first kappa shape index (κ1) is 12.6. The van der Waals surface area contributed by atoms with Crippen molar-refractivity contribution in [3.05, 3.63) is 48.0 Å². The number of amides is 1. The molecule has 18 heavy (non-hydrogen) atoms. The first-order valence-corrected chi connectivity index (χ1v) is 6.18. The maximum Gasteiger partial charge on any atom is 0.221 e. The predicted molar refractivity (Wildman–Crippen MR) is 74.3 cm³/mol. The monoisotopic (exact) mass is 242 g/mol. The number of fused-ring (bicyclic) bond motifs is 1. The number of nitrogens with one attached hydrogen (secondary N) is 2. The van der Waals surface area contributed by atoms with Crippen LogP contribution in [0.3, 0.4) is 0 Å². The van der Waals surface area contributed by atoms with E-state index >= 15 is 0 Å². The van der Waals surface area contributed by atoms with Crippen molar-refractivity contribution in [2.75, 3.05) is 13.6 Å². The first-order valence-electron chi connectivity index (χ1n) is 6.18. The maximum absolute atomic E-state index is 11.5. The van der Waals surface area contributed by atoms with Crippen LogP contribution in [0.4, 0.5) is 0 Å². The van der Waals surface area contributed by atoms with E-state index in [4.69, 9.17) is 0 Å². The zero-order chi connectivity index (χ0) is 12.8. The molecule has 0 aliphatic heterocycles. The highest BCUT2D eigenvalue weighted by Gasteiger charge is 2.01. The topological polar surface area (TPSA) is 41.1 Å². The van der Waals surface area contributed by atoms with Crippen LogP contribution in [0.2, 0.25) is 0 Å². The molecule has 0 aromatic heterocycles. The second-order valence-electron chi connectivity index (χ2n) is 4.31. The molecule has 0 radical (unpaired) electrons. The van der Waals surface area contributed by atoms with Gasteiger partial charge in [-0.25, -0.2) is 0 Å². The van der Waals surface area contributed by atoms with Gasteiger partial charge in [0, 0.05) is 19.5 Å². The predicted octanol–water partition coefficient (Wildman–Crippen LogP) is 2.07. The molecule has 0 atom stereocenters. The van der Waals surface area contributed by atoms with E-state index in [9.17, 15) is 4.79 Å². The number of hydrogen-bond acceptors (Lipinski definition) is 2. The van der Waals surface area contributed by atoms with Gasteiger partial charge in [0.15, 0.2) is 0 Å². The summed E-state index contributed by atoms with van der Waals surface area (Å²) in [6, 6.07) is 14.5. The summed E-state index contributed by atoms with van der Waals surface area (Å²) in [6.07, 6.45) is 0.518. The summed E-state index contributed by atoms with van der Waals surface area (Å²) < 4.78 is 0. The lowest BCUT2D eigenvalue weighted by atomic mass is 10.1. The quantitative estimate of drug-likeness (QED) is 0.842. The lowest BCUT2D eigenvalue weighted by molar-refractivity contribution is -0.121. The highest BCUT2D eigenvalue weighted by molar-refractivity contribution is 5.83. The van der Waals surface area contributed by atoms with Gasteiger partial charge in [-0.1, -0.05) is 36.4 Å². The molecule has 0 saturated carbocycles. The van der Waals surface area contributed by atoms with Crippen molar-refractivity contribution in [2.24, 2.45) is 0 Å². The standard InChI is InChI=1S/C15H18N2O/c1-16-9-8-15(18)17-11-12-6-7-13-4-2-3-5-14(13)10-12/h2-7,10,16H,8-9,11H2,1H3,(H,17,18). The number of hydrogen-bond donors (Lipinski definition) is 2. The van der Waals surface area contributed by atoms with Crippen molar-refractivity contribution < 1.29 is 4.79 Å². The molecule has 0 aliphatic carbocycles. The molecule has 3 nitrogen and oxygen atoms in total. The van der Waals surface area contributed by atoms with E-state index in [1.54, 1.807) is 0 Å². The minimum Gasteiger partial charge on any atom is -0.352 e. The minimum absolute atomic E-state index is 0.0810. The number of benzene rings is 2. The van der Waals surface area contributed by atoms with Crippen molar-refractivity contribution in [1.29, 1.82) is 0 Å². The molecule has 2 N–H and O–H groups in total. The third kappa shape index (κ3) is 3.31. The van der Waals surface area contributed by atoms with Gasteiger partial charge in [-0.05, 0) is 29.4 Å². The molecular weight excluding hydrogens is 224 g/mol. The zero-order valence-corrected chi connectivity index (χ0v) is 10.6. The van der Waals surface area contributed by atoms with Crippen LogP contribution in [0.1, 0.15) is 12.0 Å². The molecule has 0 spiro atoms. The van der Waals surface area contributed by atoms with Crippen LogP contribution in [-0.4, -0.2) is 19.5 Å². The average molecular weight is 242 g/mol. The molecule has 0 heterocycles. The van der Waals surface area contributed by atoms with Crippen LogP contribution in [0.15, 0.2) is 42.5 Å². The molecule has 0 aliphatic rings. The molecular formula is C15H18N2O. The van der Waals surface area contributed by atoms with E-state index in [0.717, 1.165) is 5.56 Å². The van der Waals surface area contributed by atoms with Gasteiger partial charge in [-0.3, -0.25) is 4.79 Å². The van der Waals surface area contributed by atoms with E-state index in [2.05, 4.69) is 41.0 Å². The molecule has 1 amide bonds. The summed E-state index contributed by atoms with van der Waals surface area (Å²) >= 11 is 0. The number of carbonyl (C=O) groups excluding carboxylic acids is 1. The summed E-state index contributed by atoms with van der Waals surface area (Å²) in [5, 5.41) is 8.31. The van der Waals surface area contributed by atoms with Crippen LogP contribution in [-0.2, 0) is 11.3 Å². The average Bonchev–Trinajstić information content (AvgIpc) is 2.42. The Morgan fingerprint density at radius 2 is 1.89 bits per heavy atom. The number of rotatable bonds is 5. The van der Waals surface area contributed by atoms with Gasteiger partial charge in [-0.2, -0.15) is 0 Å². The van der Waals surface area contributed by atoms with E-state index in [1.165, 1.54) is 10.8 Å². The first-order chi connectivity index (χ1) is 8.79. The Balaban J connectivity index is 1.97. The third-order valence-corrected chi connectivity index (χ3v) is 2.91. The molecule has 0 saturated heterocycles. The summed E-state index contributed by atoms with van der Waals surface area (Å²) in [7, 11) is 1.84. The van der Waals surface area contributed by atoms with Crippen LogP contribution in [0.5, 0.6) is 0 Å². The molecule has 94 valence electrons. The fourth-order valence-electron chi connectivity index (χ4n) is 1.88. The van der Waals surface area contributed by atoms with Gasteiger partial charge >= 0.3 is 0 Å². The van der Waals surface area contributed by atoms with E-state index in [0.29, 0.717) is 19.5 Å². The van der Waals surface area contributed by atoms with Gasteiger partial charge < -0.3 is 10.6 Å². The Hall–Kier alpha value is -1.87. The third-order valence-electron chi connectivity index (χ3n) is 2.91. The minimum atomic E-state index is 0.0810. The van der Waals surface area contributed by atoms with Crippen molar-refractivity contribution in [1.82, 2.24) is 10.6 Å². The molecule has 0 fully saturated rings. The SMILES string of the molecule is CNCCC(=O)NCc1ccc2ccccc2c1. The van der Waals surface area contributed by atoms with Gasteiger partial charge in [-0.15, -0.1) is 0 Å². The Bertz CT molecular complexity index is 537. The van der Waals surface area contributed by atoms with Gasteiger partial charge in [0.2, 0.25) is 5.91 Å². The fraction of sp³-hybridized carbons (Fsp3) is 0.267. The summed E-state index contributed by atoms with van der Waals surface area (Å²) in [4.78, 5) is 11.5. The van der Waals surface area contributed by atoms with Gasteiger partial charge in [0.1, 0.15) is 0 Å². The largest absolute Gasteiger partial charge is 0.352 e. The van der Waals surface area contributed by atoms with E-state index in [1.807, 2.05) is 19.2 Å². The Kier molecular flexibility index (Phi) is 4.31. The molecule has 0 unspecified atom stereocenters. The lowest BCUT2D eigenvalue weighted by Gasteiger charge is -2.06. The second-order valence-corrected chi connectivity index (χ2v) is 4.31. The Labute approximate surface area is 107 Å². The van der Waals surface area contributed by atoms with Crippen LogP contribution < -0.4 is 10.6 Å². The summed E-state index contributed by atoms with van der Waals surface area (Å²) in [6.45, 7) is 1.30. The fourth-order valence-corrected chi connectivity index (χ4v) is 1.88. The molecule has 2 rings (SSSR count). The number of carbonyl (C=O) groups is 1.